The van der Waals surface area contributed by atoms with Crippen molar-refractivity contribution in [2.75, 3.05) is 12.8 Å². The van der Waals surface area contributed by atoms with Gasteiger partial charge in [0.25, 0.3) is 0 Å². The first-order valence-electron chi connectivity index (χ1n) is 8.49. The molecule has 0 fully saturated rings. The van der Waals surface area contributed by atoms with Crippen molar-refractivity contribution >= 4 is 33.6 Å². The van der Waals surface area contributed by atoms with Gasteiger partial charge in [-0.3, -0.25) is 4.98 Å². The lowest BCUT2D eigenvalue weighted by Gasteiger charge is -2.34. The van der Waals surface area contributed by atoms with Gasteiger partial charge in [-0.15, -0.1) is 0 Å². The molecule has 2 heterocycles. The molecule has 2 aromatic rings. The van der Waals surface area contributed by atoms with E-state index in [4.69, 9.17) is 12.3 Å². The van der Waals surface area contributed by atoms with Crippen LogP contribution in [0.15, 0.2) is 35.5 Å². The number of aliphatic imine (C=N–C) groups is 1. The van der Waals surface area contributed by atoms with E-state index in [1.54, 1.807) is 0 Å². The number of sulfonamides is 1. The molecular formula is C19H16F3N5O2S. The van der Waals surface area contributed by atoms with Gasteiger partial charge in [0.1, 0.15) is 11.4 Å². The van der Waals surface area contributed by atoms with E-state index in [9.17, 15) is 21.6 Å². The molecule has 1 aromatic carbocycles. The summed E-state index contributed by atoms with van der Waals surface area (Å²) in [5, 5.41) is 0. The first kappa shape index (κ1) is 21.3. The fourth-order valence-electron chi connectivity index (χ4n) is 2.99. The number of hydrogen-bond donors (Lipinski definition) is 1. The van der Waals surface area contributed by atoms with Gasteiger partial charge in [0.2, 0.25) is 21.7 Å². The van der Waals surface area contributed by atoms with Crippen molar-refractivity contribution < 1.29 is 21.6 Å². The van der Waals surface area contributed by atoms with Crippen molar-refractivity contribution in [3.8, 4) is 0 Å². The Balaban J connectivity index is 2.10. The molecule has 1 aliphatic rings. The first-order chi connectivity index (χ1) is 14.0. The Hall–Kier alpha value is -3.39. The zero-order chi connectivity index (χ0) is 22.3. The zero-order valence-electron chi connectivity index (χ0n) is 15.9. The standard InChI is InChI=1S/C19H16F3N5O2S/c1-19(10-30(28,29)27(3)18(23)26-19)13-6-11(8-15(21)17(13)22)7-14(20)16-5-4-12(24-2)9-25-16/h4-9H,10H2,1,3H3,(H2,23,26)/b14-7-/t19-/m0/s1. The maximum atomic E-state index is 14.6. The van der Waals surface area contributed by atoms with Gasteiger partial charge in [-0.25, -0.2) is 35.7 Å². The minimum absolute atomic E-state index is 0.0659. The number of hydrogen-bond acceptors (Lipinski definition) is 5. The van der Waals surface area contributed by atoms with Crippen LogP contribution in [0.25, 0.3) is 16.7 Å². The summed E-state index contributed by atoms with van der Waals surface area (Å²) >= 11 is 0. The first-order valence-corrected chi connectivity index (χ1v) is 10.1. The number of guanidine groups is 1. The van der Waals surface area contributed by atoms with Crippen LogP contribution >= 0.6 is 0 Å². The molecule has 0 unspecified atom stereocenters. The highest BCUT2D eigenvalue weighted by Crippen LogP contribution is 2.35. The quantitative estimate of drug-likeness (QED) is 0.750. The van der Waals surface area contributed by atoms with Crippen LogP contribution in [0.2, 0.25) is 0 Å². The summed E-state index contributed by atoms with van der Waals surface area (Å²) in [6.45, 7) is 8.18. The van der Waals surface area contributed by atoms with Crippen molar-refractivity contribution in [1.82, 2.24) is 9.29 Å². The third kappa shape index (κ3) is 3.86. The van der Waals surface area contributed by atoms with Crippen LogP contribution in [-0.4, -0.2) is 36.5 Å². The van der Waals surface area contributed by atoms with E-state index < -0.39 is 38.8 Å². The predicted molar refractivity (Wildman–Crippen MR) is 106 cm³/mol. The fraction of sp³-hybridized carbons (Fsp3) is 0.211. The monoisotopic (exact) mass is 435 g/mol. The number of nitrogens with two attached hydrogens (primary N) is 1. The molecule has 11 heteroatoms. The minimum atomic E-state index is -3.92. The molecule has 0 bridgehead atoms. The molecule has 0 radical (unpaired) electrons. The lowest BCUT2D eigenvalue weighted by Crippen LogP contribution is -2.50. The van der Waals surface area contributed by atoms with Gasteiger partial charge in [0.05, 0.1) is 18.0 Å². The molecule has 0 saturated heterocycles. The molecule has 2 N–H and O–H groups in total. The van der Waals surface area contributed by atoms with Gasteiger partial charge in [-0.1, -0.05) is 6.07 Å². The number of rotatable bonds is 3. The average molecular weight is 435 g/mol. The van der Waals surface area contributed by atoms with Crippen LogP contribution in [0.5, 0.6) is 0 Å². The highest BCUT2D eigenvalue weighted by molar-refractivity contribution is 7.89. The average Bonchev–Trinajstić information content (AvgIpc) is 2.68. The second-order valence-electron chi connectivity index (χ2n) is 6.84. The smallest absolute Gasteiger partial charge is 0.239 e. The summed E-state index contributed by atoms with van der Waals surface area (Å²) in [5.74, 6) is -4.48. The van der Waals surface area contributed by atoms with Gasteiger partial charge >= 0.3 is 0 Å². The SMILES string of the molecule is [C-]#[N+]c1ccc(/C(F)=C/c2cc(F)c(F)c([C@]3(C)CS(=O)(=O)N(C)C(N)=N3)c2)nc1. The molecule has 1 aromatic heterocycles. The maximum Gasteiger partial charge on any atom is 0.239 e. The van der Waals surface area contributed by atoms with E-state index in [1.807, 2.05) is 0 Å². The third-order valence-corrected chi connectivity index (χ3v) is 6.56. The Morgan fingerprint density at radius 3 is 2.63 bits per heavy atom. The van der Waals surface area contributed by atoms with Crippen LogP contribution in [0, 0.1) is 18.2 Å². The maximum absolute atomic E-state index is 14.6. The van der Waals surface area contributed by atoms with Crippen LogP contribution in [-0.2, 0) is 15.6 Å². The van der Waals surface area contributed by atoms with Gasteiger partial charge in [-0.05, 0) is 36.8 Å². The van der Waals surface area contributed by atoms with Crippen molar-refractivity contribution in [1.29, 1.82) is 0 Å². The second kappa shape index (κ2) is 7.46. The summed E-state index contributed by atoms with van der Waals surface area (Å²) in [4.78, 5) is 11.0. The summed E-state index contributed by atoms with van der Waals surface area (Å²) in [7, 11) is -2.72. The topological polar surface area (TPSA) is 93.0 Å². The molecule has 156 valence electrons. The molecule has 0 aliphatic carbocycles. The molecule has 30 heavy (non-hydrogen) atoms. The minimum Gasteiger partial charge on any atom is -0.369 e. The van der Waals surface area contributed by atoms with E-state index in [0.717, 1.165) is 22.5 Å². The zero-order valence-corrected chi connectivity index (χ0v) is 16.7. The molecule has 7 nitrogen and oxygen atoms in total. The lowest BCUT2D eigenvalue weighted by molar-refractivity contribution is 0.435. The van der Waals surface area contributed by atoms with Gasteiger partial charge in [-0.2, -0.15) is 0 Å². The van der Waals surface area contributed by atoms with Crippen molar-refractivity contribution in [3.63, 3.8) is 0 Å². The molecule has 0 spiro atoms. The Labute approximate surface area is 171 Å². The van der Waals surface area contributed by atoms with Crippen molar-refractivity contribution in [2.24, 2.45) is 10.7 Å². The largest absolute Gasteiger partial charge is 0.369 e. The lowest BCUT2D eigenvalue weighted by atomic mass is 9.92. The van der Waals surface area contributed by atoms with Crippen molar-refractivity contribution in [3.05, 3.63) is 70.3 Å². The van der Waals surface area contributed by atoms with E-state index >= 15 is 0 Å². The molecule has 3 rings (SSSR count). The number of aromatic nitrogens is 1. The Bertz CT molecular complexity index is 1220. The van der Waals surface area contributed by atoms with E-state index in [2.05, 4.69) is 14.8 Å². The number of benzene rings is 1. The third-order valence-electron chi connectivity index (χ3n) is 4.61. The summed E-state index contributed by atoms with van der Waals surface area (Å²) in [5.41, 5.74) is 3.61. The van der Waals surface area contributed by atoms with Crippen LogP contribution in [0.4, 0.5) is 18.9 Å². The highest BCUT2D eigenvalue weighted by Gasteiger charge is 2.42. The number of pyridine rings is 1. The summed E-state index contributed by atoms with van der Waals surface area (Å²) < 4.78 is 68.8. The van der Waals surface area contributed by atoms with Gasteiger partial charge in [0, 0.05) is 18.8 Å². The van der Waals surface area contributed by atoms with Crippen molar-refractivity contribution in [2.45, 2.75) is 12.5 Å². The molecule has 0 amide bonds. The molecule has 1 atom stereocenters. The second-order valence-corrected chi connectivity index (χ2v) is 8.84. The Morgan fingerprint density at radius 1 is 1.37 bits per heavy atom. The van der Waals surface area contributed by atoms with Crippen LogP contribution in [0.1, 0.15) is 23.7 Å². The molecule has 0 saturated carbocycles. The molecular weight excluding hydrogens is 419 g/mol. The number of nitrogens with zero attached hydrogens (tertiary/aromatic N) is 4. The summed E-state index contributed by atoms with van der Waals surface area (Å²) in [6, 6.07) is 4.52. The number of halogens is 3. The van der Waals surface area contributed by atoms with E-state index in [1.165, 1.54) is 32.3 Å². The van der Waals surface area contributed by atoms with Gasteiger partial charge in [0.15, 0.2) is 11.6 Å². The van der Waals surface area contributed by atoms with E-state index in [-0.39, 0.29) is 28.5 Å². The Morgan fingerprint density at radius 2 is 2.07 bits per heavy atom. The Kier molecular flexibility index (Phi) is 5.30. The van der Waals surface area contributed by atoms with Gasteiger partial charge < -0.3 is 5.73 Å². The fourth-order valence-corrected chi connectivity index (χ4v) is 4.44. The highest BCUT2D eigenvalue weighted by atomic mass is 32.2. The van der Waals surface area contributed by atoms with E-state index in [0.29, 0.717) is 0 Å². The van der Waals surface area contributed by atoms with Crippen LogP contribution < -0.4 is 5.73 Å². The molecule has 1 aliphatic heterocycles. The van der Waals surface area contributed by atoms with Crippen LogP contribution in [0.3, 0.4) is 0 Å². The predicted octanol–water partition coefficient (Wildman–Crippen LogP) is 3.18. The normalized spacial score (nSPS) is 21.1. The summed E-state index contributed by atoms with van der Waals surface area (Å²) in [6.07, 6.45) is 2.10.